The minimum atomic E-state index is -0.256. The fraction of sp³-hybridized carbons (Fsp3) is 0.562. The summed E-state index contributed by atoms with van der Waals surface area (Å²) in [5.74, 6) is 0.945. The van der Waals surface area contributed by atoms with Crippen LogP contribution in [0.15, 0.2) is 17.3 Å². The number of nitrogens with zero attached hydrogens (tertiary/aromatic N) is 3. The highest BCUT2D eigenvalue weighted by Gasteiger charge is 2.23. The monoisotopic (exact) mass is 402 g/mol. The van der Waals surface area contributed by atoms with Crippen LogP contribution in [0.1, 0.15) is 19.8 Å². The van der Waals surface area contributed by atoms with Gasteiger partial charge in [0.1, 0.15) is 5.82 Å². The number of halogens is 2. The molecule has 144 valence electrons. The lowest BCUT2D eigenvalue weighted by Crippen LogP contribution is -2.48. The number of nitrogens with two attached hydrogens (primary N) is 1. The molecular formula is C16H24Cl2N6O2. The van der Waals surface area contributed by atoms with E-state index in [2.05, 4.69) is 20.6 Å². The number of pyridine rings is 1. The Labute approximate surface area is 163 Å². The molecule has 1 amide bonds. The molecule has 0 saturated carbocycles. The molecule has 1 aliphatic heterocycles. The normalized spacial score (nSPS) is 15.7. The van der Waals surface area contributed by atoms with Gasteiger partial charge in [-0.15, -0.1) is 0 Å². The van der Waals surface area contributed by atoms with Crippen molar-refractivity contribution in [2.75, 3.05) is 38.1 Å². The van der Waals surface area contributed by atoms with Gasteiger partial charge in [0.05, 0.1) is 23.2 Å². The number of piperidine rings is 1. The van der Waals surface area contributed by atoms with E-state index in [0.717, 1.165) is 12.8 Å². The van der Waals surface area contributed by atoms with Crippen LogP contribution in [0.2, 0.25) is 10.0 Å². The number of anilines is 1. The van der Waals surface area contributed by atoms with Crippen LogP contribution < -0.4 is 16.4 Å². The Morgan fingerprint density at radius 1 is 1.46 bits per heavy atom. The lowest BCUT2D eigenvalue weighted by atomic mass is 10.1. The lowest BCUT2D eigenvalue weighted by molar-refractivity contribution is 0.0963. The maximum atomic E-state index is 11.7. The van der Waals surface area contributed by atoms with Crippen molar-refractivity contribution in [3.8, 4) is 0 Å². The number of guanidine groups is 1. The van der Waals surface area contributed by atoms with E-state index in [4.69, 9.17) is 33.7 Å². The second-order valence-corrected chi connectivity index (χ2v) is 6.63. The number of rotatable bonds is 6. The molecule has 0 atom stereocenters. The molecule has 1 aliphatic rings. The minimum Gasteiger partial charge on any atom is -0.450 e. The van der Waals surface area contributed by atoms with Crippen molar-refractivity contribution in [1.82, 2.24) is 15.2 Å². The molecule has 0 unspecified atom stereocenters. The Morgan fingerprint density at radius 3 is 2.85 bits per heavy atom. The van der Waals surface area contributed by atoms with E-state index in [9.17, 15) is 4.79 Å². The van der Waals surface area contributed by atoms with Gasteiger partial charge in [-0.05, 0) is 25.8 Å². The summed E-state index contributed by atoms with van der Waals surface area (Å²) in [5, 5.41) is 7.22. The summed E-state index contributed by atoms with van der Waals surface area (Å²) in [6.45, 7) is 4.49. The summed E-state index contributed by atoms with van der Waals surface area (Å²) in [4.78, 5) is 21.8. The molecule has 0 aromatic carbocycles. The SMILES string of the molecule is CCOC(=O)N1CCC(NC(N)=NCCNc2ncc(Cl)cc2Cl)CC1. The number of ether oxygens (including phenoxy) is 1. The standard InChI is InChI=1S/C16H24Cl2N6O2/c1-2-26-16(25)24-7-3-12(4-8-24)23-15(19)21-6-5-20-14-13(18)9-11(17)10-22-14/h9-10,12H,2-8H2,1H3,(H,20,22)(H3,19,21,23). The van der Waals surface area contributed by atoms with Crippen molar-refractivity contribution >= 4 is 41.1 Å². The van der Waals surface area contributed by atoms with E-state index in [1.54, 1.807) is 17.9 Å². The topological polar surface area (TPSA) is 105 Å². The van der Waals surface area contributed by atoms with Crippen molar-refractivity contribution in [1.29, 1.82) is 0 Å². The number of hydrogen-bond donors (Lipinski definition) is 3. The molecule has 0 bridgehead atoms. The number of amides is 1. The zero-order valence-corrected chi connectivity index (χ0v) is 16.2. The largest absolute Gasteiger partial charge is 0.450 e. The molecule has 0 radical (unpaired) electrons. The first-order valence-electron chi connectivity index (χ1n) is 8.52. The van der Waals surface area contributed by atoms with Crippen LogP contribution in [0.5, 0.6) is 0 Å². The van der Waals surface area contributed by atoms with Crippen LogP contribution in [0, 0.1) is 0 Å². The molecule has 2 rings (SSSR count). The van der Waals surface area contributed by atoms with Gasteiger partial charge in [-0.1, -0.05) is 23.2 Å². The molecule has 1 fully saturated rings. The summed E-state index contributed by atoms with van der Waals surface area (Å²) in [6, 6.07) is 1.82. The number of nitrogens with one attached hydrogen (secondary N) is 2. The number of hydrogen-bond acceptors (Lipinski definition) is 5. The smallest absolute Gasteiger partial charge is 0.409 e. The third-order valence-corrected chi connectivity index (χ3v) is 4.36. The van der Waals surface area contributed by atoms with Gasteiger partial charge < -0.3 is 26.0 Å². The fourth-order valence-electron chi connectivity index (χ4n) is 2.57. The average molecular weight is 403 g/mol. The van der Waals surface area contributed by atoms with Crippen LogP contribution >= 0.6 is 23.2 Å². The highest BCUT2D eigenvalue weighted by Crippen LogP contribution is 2.22. The molecule has 2 heterocycles. The summed E-state index contributed by atoms with van der Waals surface area (Å²) in [6.07, 6.45) is 2.88. The van der Waals surface area contributed by atoms with Crippen LogP contribution in [-0.4, -0.2) is 60.8 Å². The zero-order valence-electron chi connectivity index (χ0n) is 14.7. The molecule has 1 saturated heterocycles. The first kappa shape index (κ1) is 20.4. The van der Waals surface area contributed by atoms with E-state index in [0.29, 0.717) is 54.6 Å². The van der Waals surface area contributed by atoms with E-state index in [1.807, 2.05) is 0 Å². The van der Waals surface area contributed by atoms with E-state index >= 15 is 0 Å². The molecule has 8 nitrogen and oxygen atoms in total. The van der Waals surface area contributed by atoms with Crippen molar-refractivity contribution in [3.63, 3.8) is 0 Å². The predicted octanol–water partition coefficient (Wildman–Crippen LogP) is 2.33. The van der Waals surface area contributed by atoms with Crippen LogP contribution in [0.4, 0.5) is 10.6 Å². The van der Waals surface area contributed by atoms with Gasteiger partial charge in [0.25, 0.3) is 0 Å². The lowest BCUT2D eigenvalue weighted by Gasteiger charge is -2.31. The quantitative estimate of drug-likeness (QED) is 0.383. The highest BCUT2D eigenvalue weighted by atomic mass is 35.5. The molecule has 26 heavy (non-hydrogen) atoms. The number of aliphatic imine (C=N–C) groups is 1. The third-order valence-electron chi connectivity index (χ3n) is 3.87. The van der Waals surface area contributed by atoms with Crippen LogP contribution in [0.3, 0.4) is 0 Å². The maximum Gasteiger partial charge on any atom is 0.409 e. The van der Waals surface area contributed by atoms with Gasteiger partial charge in [0.2, 0.25) is 0 Å². The molecule has 4 N–H and O–H groups in total. The first-order valence-corrected chi connectivity index (χ1v) is 9.28. The molecule has 1 aromatic rings. The molecular weight excluding hydrogens is 379 g/mol. The second-order valence-electron chi connectivity index (χ2n) is 5.78. The molecule has 10 heteroatoms. The van der Waals surface area contributed by atoms with Crippen molar-refractivity contribution in [3.05, 3.63) is 22.3 Å². The summed E-state index contributed by atoms with van der Waals surface area (Å²) >= 11 is 11.8. The third kappa shape index (κ3) is 6.42. The molecule has 1 aromatic heterocycles. The highest BCUT2D eigenvalue weighted by molar-refractivity contribution is 6.35. The summed E-state index contributed by atoms with van der Waals surface area (Å²) < 4.78 is 5.00. The Balaban J connectivity index is 1.68. The minimum absolute atomic E-state index is 0.199. The van der Waals surface area contributed by atoms with Crippen LogP contribution in [0.25, 0.3) is 0 Å². The first-order chi connectivity index (χ1) is 12.5. The van der Waals surface area contributed by atoms with Gasteiger partial charge in [0, 0.05) is 31.9 Å². The number of carbonyl (C=O) groups is 1. The van der Waals surface area contributed by atoms with Gasteiger partial charge in [-0.25, -0.2) is 9.78 Å². The summed E-state index contributed by atoms with van der Waals surface area (Å²) in [5.41, 5.74) is 5.92. The average Bonchev–Trinajstić information content (AvgIpc) is 2.61. The van der Waals surface area contributed by atoms with Gasteiger partial charge in [-0.2, -0.15) is 0 Å². The second kappa shape index (κ2) is 10.3. The van der Waals surface area contributed by atoms with Gasteiger partial charge in [0.15, 0.2) is 5.96 Å². The predicted molar refractivity (Wildman–Crippen MR) is 104 cm³/mol. The maximum absolute atomic E-state index is 11.7. The van der Waals surface area contributed by atoms with Gasteiger partial charge >= 0.3 is 6.09 Å². The number of carbonyl (C=O) groups excluding carboxylic acids is 1. The number of likely N-dealkylation sites (tertiary alicyclic amines) is 1. The fourth-order valence-corrected chi connectivity index (χ4v) is 3.02. The van der Waals surface area contributed by atoms with E-state index in [-0.39, 0.29) is 12.1 Å². The Hall–Kier alpha value is -1.93. The van der Waals surface area contributed by atoms with Crippen molar-refractivity contribution in [2.45, 2.75) is 25.8 Å². The Kier molecular flexibility index (Phi) is 8.06. The Morgan fingerprint density at radius 2 is 2.19 bits per heavy atom. The van der Waals surface area contributed by atoms with Crippen LogP contribution in [-0.2, 0) is 4.74 Å². The number of aromatic nitrogens is 1. The summed E-state index contributed by atoms with van der Waals surface area (Å²) in [7, 11) is 0. The van der Waals surface area contributed by atoms with Gasteiger partial charge in [-0.3, -0.25) is 4.99 Å². The van der Waals surface area contributed by atoms with Crippen molar-refractivity contribution in [2.24, 2.45) is 10.7 Å². The molecule has 0 spiro atoms. The zero-order chi connectivity index (χ0) is 18.9. The van der Waals surface area contributed by atoms with E-state index in [1.165, 1.54) is 6.20 Å². The Bertz CT molecular complexity index is 635. The molecule has 0 aliphatic carbocycles. The van der Waals surface area contributed by atoms with Crippen molar-refractivity contribution < 1.29 is 9.53 Å². The van der Waals surface area contributed by atoms with E-state index < -0.39 is 0 Å².